The van der Waals surface area contributed by atoms with E-state index in [2.05, 4.69) is 10.4 Å². The predicted octanol–water partition coefficient (Wildman–Crippen LogP) is 1.13. The van der Waals surface area contributed by atoms with Gasteiger partial charge in [0.05, 0.1) is 0 Å². The summed E-state index contributed by atoms with van der Waals surface area (Å²) in [6.45, 7) is 0. The average Bonchev–Trinajstić information content (AvgIpc) is 2.11. The number of amides is 2. The van der Waals surface area contributed by atoms with Gasteiger partial charge in [-0.1, -0.05) is 0 Å². The zero-order valence-electron chi connectivity index (χ0n) is 6.36. The van der Waals surface area contributed by atoms with Crippen LogP contribution in [-0.4, -0.2) is 11.8 Å². The van der Waals surface area contributed by atoms with Crippen molar-refractivity contribution in [3.05, 3.63) is 9.81 Å². The van der Waals surface area contributed by atoms with Gasteiger partial charge < -0.3 is 0 Å². The molecule has 0 unspecified atom stereocenters. The highest BCUT2D eigenvalue weighted by atomic mass is 16.3. The van der Waals surface area contributed by atoms with Crippen LogP contribution in [0, 0.1) is 9.81 Å². The molecule has 0 atom stereocenters. The van der Waals surface area contributed by atoms with Crippen molar-refractivity contribution in [2.75, 3.05) is 0 Å². The number of carbonyl (C=O) groups is 2. The topological polar surface area (TPSA) is 93.0 Å². The van der Waals surface area contributed by atoms with Crippen LogP contribution in [-0.2, 0) is 9.59 Å². The molecule has 0 aliphatic rings. The van der Waals surface area contributed by atoms with E-state index >= 15 is 0 Å². The molecule has 0 fully saturated rings. The van der Waals surface area contributed by atoms with Crippen molar-refractivity contribution in [2.24, 2.45) is 10.4 Å². The molecule has 0 aromatic heterocycles. The number of hydrogen-bond donors (Lipinski definition) is 0. The molecular weight excluding hydrogens is 164 g/mol. The second-order valence-electron chi connectivity index (χ2n) is 2.18. The Hall–Kier alpha value is -1.46. The Morgan fingerprint density at radius 2 is 1.17 bits per heavy atom. The van der Waals surface area contributed by atoms with Gasteiger partial charge in [-0.3, -0.25) is 9.59 Å². The van der Waals surface area contributed by atoms with Gasteiger partial charge in [0.1, 0.15) is 0 Å². The molecule has 0 aromatic rings. The largest absolute Gasteiger partial charge is 0.286 e. The molecule has 6 heteroatoms. The van der Waals surface area contributed by atoms with Crippen LogP contribution >= 0.6 is 0 Å². The maximum absolute atomic E-state index is 10.3. The maximum atomic E-state index is 10.3. The smallest absolute Gasteiger partial charge is 0.269 e. The quantitative estimate of drug-likeness (QED) is 0.459. The van der Waals surface area contributed by atoms with E-state index in [0.717, 1.165) is 0 Å². The Morgan fingerprint density at radius 1 is 0.833 bits per heavy atom. The first-order chi connectivity index (χ1) is 5.70. The normalized spacial score (nSPS) is 9.00. The Kier molecular flexibility index (Phi) is 5.50. The highest BCUT2D eigenvalue weighted by Gasteiger charge is 2.03. The number of rotatable bonds is 5. The molecule has 12 heavy (non-hydrogen) atoms. The molecule has 2 amide bonds. The lowest BCUT2D eigenvalue weighted by atomic mass is 10.2. The molecule has 0 aromatic carbocycles. The lowest BCUT2D eigenvalue weighted by Crippen LogP contribution is -1.94. The third-order valence-electron chi connectivity index (χ3n) is 1.23. The van der Waals surface area contributed by atoms with E-state index in [1.807, 2.05) is 0 Å². The fourth-order valence-corrected chi connectivity index (χ4v) is 0.644. The minimum absolute atomic E-state index is 0.0234. The molecule has 0 rings (SSSR count). The SMILES string of the molecule is O=NC(=O)CCCCC(=O)N=O. The predicted molar refractivity (Wildman–Crippen MR) is 40.1 cm³/mol. The van der Waals surface area contributed by atoms with Crippen LogP contribution in [0.4, 0.5) is 0 Å². The van der Waals surface area contributed by atoms with Crippen molar-refractivity contribution >= 4 is 11.8 Å². The first-order valence-electron chi connectivity index (χ1n) is 3.43. The minimum atomic E-state index is -0.735. The van der Waals surface area contributed by atoms with E-state index in [1.54, 1.807) is 0 Å². The maximum Gasteiger partial charge on any atom is 0.286 e. The van der Waals surface area contributed by atoms with Gasteiger partial charge in [0, 0.05) is 23.2 Å². The van der Waals surface area contributed by atoms with Gasteiger partial charge in [-0.2, -0.15) is 0 Å². The molecule has 6 nitrogen and oxygen atoms in total. The monoisotopic (exact) mass is 172 g/mol. The summed E-state index contributed by atoms with van der Waals surface area (Å²) in [4.78, 5) is 39.7. The lowest BCUT2D eigenvalue weighted by Gasteiger charge is -1.91. The van der Waals surface area contributed by atoms with Crippen molar-refractivity contribution in [2.45, 2.75) is 25.7 Å². The van der Waals surface area contributed by atoms with Crippen LogP contribution in [0.1, 0.15) is 25.7 Å². The number of hydrogen-bond acceptors (Lipinski definition) is 4. The van der Waals surface area contributed by atoms with Gasteiger partial charge in [-0.05, 0) is 12.8 Å². The van der Waals surface area contributed by atoms with Crippen molar-refractivity contribution in [3.63, 3.8) is 0 Å². The van der Waals surface area contributed by atoms with Gasteiger partial charge in [-0.15, -0.1) is 9.81 Å². The number of nitrogens with zero attached hydrogens (tertiary/aromatic N) is 2. The molecule has 0 aliphatic heterocycles. The average molecular weight is 172 g/mol. The van der Waals surface area contributed by atoms with Gasteiger partial charge in [0.2, 0.25) is 0 Å². The van der Waals surface area contributed by atoms with Gasteiger partial charge in [0.25, 0.3) is 11.8 Å². The first kappa shape index (κ1) is 10.5. The van der Waals surface area contributed by atoms with Gasteiger partial charge >= 0.3 is 0 Å². The van der Waals surface area contributed by atoms with Crippen molar-refractivity contribution in [1.82, 2.24) is 0 Å². The Bertz CT molecular complexity index is 180. The zero-order valence-corrected chi connectivity index (χ0v) is 6.36. The summed E-state index contributed by atoms with van der Waals surface area (Å²) in [7, 11) is 0. The molecule has 0 saturated carbocycles. The minimum Gasteiger partial charge on any atom is -0.269 e. The zero-order chi connectivity index (χ0) is 9.40. The highest BCUT2D eigenvalue weighted by molar-refractivity contribution is 5.77. The molecule has 0 bridgehead atoms. The van der Waals surface area contributed by atoms with Crippen LogP contribution in [0.5, 0.6) is 0 Å². The van der Waals surface area contributed by atoms with Crippen molar-refractivity contribution < 1.29 is 9.59 Å². The third-order valence-corrected chi connectivity index (χ3v) is 1.23. The Balaban J connectivity index is 3.32. The molecule has 0 heterocycles. The van der Waals surface area contributed by atoms with Crippen LogP contribution in [0.15, 0.2) is 10.4 Å². The second kappa shape index (κ2) is 6.26. The van der Waals surface area contributed by atoms with E-state index in [4.69, 9.17) is 0 Å². The summed E-state index contributed by atoms with van der Waals surface area (Å²) in [6, 6.07) is 0. The summed E-state index contributed by atoms with van der Waals surface area (Å²) in [6.07, 6.45) is 0.808. The molecular formula is C6H8N2O4. The van der Waals surface area contributed by atoms with E-state index in [1.165, 1.54) is 0 Å². The second-order valence-corrected chi connectivity index (χ2v) is 2.18. The Morgan fingerprint density at radius 3 is 1.42 bits per heavy atom. The summed E-state index contributed by atoms with van der Waals surface area (Å²) in [5, 5.41) is 4.33. The molecule has 0 radical (unpaired) electrons. The van der Waals surface area contributed by atoms with Crippen molar-refractivity contribution in [3.8, 4) is 0 Å². The summed E-state index contributed by atoms with van der Waals surface area (Å²) >= 11 is 0. The van der Waals surface area contributed by atoms with E-state index < -0.39 is 11.8 Å². The van der Waals surface area contributed by atoms with Crippen LogP contribution < -0.4 is 0 Å². The number of nitroso groups, excluding NO2 is 2. The van der Waals surface area contributed by atoms with E-state index in [0.29, 0.717) is 12.8 Å². The van der Waals surface area contributed by atoms with Crippen LogP contribution in [0.2, 0.25) is 0 Å². The fraction of sp³-hybridized carbons (Fsp3) is 0.667. The molecule has 0 spiro atoms. The summed E-state index contributed by atoms with van der Waals surface area (Å²) < 4.78 is 0. The molecule has 0 aliphatic carbocycles. The van der Waals surface area contributed by atoms with Gasteiger partial charge in [0.15, 0.2) is 0 Å². The van der Waals surface area contributed by atoms with Gasteiger partial charge in [-0.25, -0.2) is 0 Å². The van der Waals surface area contributed by atoms with Crippen LogP contribution in [0.25, 0.3) is 0 Å². The molecule has 66 valence electrons. The van der Waals surface area contributed by atoms with Crippen molar-refractivity contribution in [1.29, 1.82) is 0 Å². The summed E-state index contributed by atoms with van der Waals surface area (Å²) in [5.41, 5.74) is 0. The molecule has 0 N–H and O–H groups in total. The van der Waals surface area contributed by atoms with Crippen LogP contribution in [0.3, 0.4) is 0 Å². The first-order valence-corrected chi connectivity index (χ1v) is 3.43. The Labute approximate surface area is 68.3 Å². The standard InChI is InChI=1S/C6H8N2O4/c9-5(7-11)3-1-2-4-6(10)8-12/h1-4H2. The molecule has 0 saturated heterocycles. The van der Waals surface area contributed by atoms with E-state index in [9.17, 15) is 19.4 Å². The summed E-state index contributed by atoms with van der Waals surface area (Å²) in [5.74, 6) is -1.47. The van der Waals surface area contributed by atoms with E-state index in [-0.39, 0.29) is 12.8 Å². The third kappa shape index (κ3) is 5.33. The lowest BCUT2D eigenvalue weighted by molar-refractivity contribution is -0.119. The highest BCUT2D eigenvalue weighted by Crippen LogP contribution is 2.01. The number of carbonyl (C=O) groups excluding carboxylic acids is 2. The number of unbranched alkanes of at least 4 members (excludes halogenated alkanes) is 1. The fourth-order valence-electron chi connectivity index (χ4n) is 0.644.